The van der Waals surface area contributed by atoms with Crippen molar-refractivity contribution < 1.29 is 18.3 Å². The van der Waals surface area contributed by atoms with Crippen LogP contribution in [0.4, 0.5) is 8.78 Å². The van der Waals surface area contributed by atoms with Crippen molar-refractivity contribution in [3.63, 3.8) is 0 Å². The molecule has 1 atom stereocenters. The van der Waals surface area contributed by atoms with Gasteiger partial charge in [0, 0.05) is 10.6 Å². The first-order valence-corrected chi connectivity index (χ1v) is 7.17. The number of alkyl halides is 2. The van der Waals surface area contributed by atoms with E-state index in [9.17, 15) is 13.6 Å². The van der Waals surface area contributed by atoms with Crippen LogP contribution in [0.3, 0.4) is 0 Å². The summed E-state index contributed by atoms with van der Waals surface area (Å²) in [5.41, 5.74) is 0.468. The van der Waals surface area contributed by atoms with E-state index in [1.54, 1.807) is 24.3 Å². The average molecular weight is 312 g/mol. The second-order valence-electron chi connectivity index (χ2n) is 4.41. The number of hydrogen-bond acceptors (Lipinski definition) is 5. The number of nitrogens with zero attached hydrogens (tertiary/aromatic N) is 2. The topological polar surface area (TPSA) is 52.1 Å². The van der Waals surface area contributed by atoms with E-state index < -0.39 is 12.2 Å². The molecule has 112 valence electrons. The van der Waals surface area contributed by atoms with Crippen molar-refractivity contribution in [1.29, 1.82) is 0 Å². The normalized spacial score (nSPS) is 12.6. The number of esters is 1. The van der Waals surface area contributed by atoms with E-state index in [0.717, 1.165) is 0 Å². The maximum Gasteiger partial charge on any atom is 0.306 e. The van der Waals surface area contributed by atoms with Gasteiger partial charge in [0.2, 0.25) is 0 Å². The number of para-hydroxylation sites is 1. The average Bonchev–Trinajstić information content (AvgIpc) is 2.46. The highest BCUT2D eigenvalue weighted by atomic mass is 32.2. The molecule has 2 aromatic rings. The van der Waals surface area contributed by atoms with Crippen molar-refractivity contribution >= 4 is 28.6 Å². The number of rotatable bonds is 5. The zero-order valence-electron chi connectivity index (χ0n) is 11.5. The third-order valence-electron chi connectivity index (χ3n) is 2.78. The minimum absolute atomic E-state index is 0.138. The summed E-state index contributed by atoms with van der Waals surface area (Å²) in [6.45, 7) is 1.82. The number of ether oxygens (including phenoxy) is 1. The molecule has 0 aliphatic heterocycles. The van der Waals surface area contributed by atoms with Crippen LogP contribution >= 0.6 is 11.8 Å². The molecule has 2 rings (SSSR count). The predicted molar refractivity (Wildman–Crippen MR) is 76.4 cm³/mol. The fraction of sp³-hybridized carbons (Fsp3) is 0.357. The maximum absolute atomic E-state index is 12.9. The highest BCUT2D eigenvalue weighted by Crippen LogP contribution is 2.31. The number of thioether (sulfide) groups is 1. The molecule has 7 heteroatoms. The van der Waals surface area contributed by atoms with Crippen LogP contribution in [0.15, 0.2) is 29.3 Å². The molecule has 1 heterocycles. The van der Waals surface area contributed by atoms with Gasteiger partial charge >= 0.3 is 5.97 Å². The monoisotopic (exact) mass is 312 g/mol. The number of hydrogen-bond donors (Lipinski definition) is 0. The molecule has 0 N–H and O–H groups in total. The van der Waals surface area contributed by atoms with Crippen molar-refractivity contribution in [1.82, 2.24) is 9.97 Å². The number of aromatic nitrogens is 2. The first kappa shape index (κ1) is 15.6. The van der Waals surface area contributed by atoms with Crippen molar-refractivity contribution in [3.05, 3.63) is 30.1 Å². The van der Waals surface area contributed by atoms with E-state index in [-0.39, 0.29) is 17.6 Å². The lowest BCUT2D eigenvalue weighted by Gasteiger charge is -2.12. The van der Waals surface area contributed by atoms with Crippen LogP contribution in [0.1, 0.15) is 25.6 Å². The lowest BCUT2D eigenvalue weighted by molar-refractivity contribution is -0.140. The summed E-state index contributed by atoms with van der Waals surface area (Å²) >= 11 is 1.26. The molecule has 0 amide bonds. The fourth-order valence-corrected chi connectivity index (χ4v) is 2.85. The predicted octanol–water partition coefficient (Wildman–Crippen LogP) is 3.61. The Morgan fingerprint density at radius 3 is 2.71 bits per heavy atom. The number of benzene rings is 1. The molecule has 0 saturated heterocycles. The quantitative estimate of drug-likeness (QED) is 0.479. The van der Waals surface area contributed by atoms with Gasteiger partial charge in [-0.15, -0.1) is 11.8 Å². The van der Waals surface area contributed by atoms with Crippen molar-refractivity contribution in [3.8, 4) is 0 Å². The molecule has 21 heavy (non-hydrogen) atoms. The number of methoxy groups -OCH3 is 1. The van der Waals surface area contributed by atoms with Gasteiger partial charge in [-0.2, -0.15) is 0 Å². The minimum Gasteiger partial charge on any atom is -0.469 e. The van der Waals surface area contributed by atoms with Crippen molar-refractivity contribution in [2.75, 3.05) is 7.11 Å². The fourth-order valence-electron chi connectivity index (χ4n) is 1.80. The number of fused-ring (bicyclic) bond motifs is 1. The van der Waals surface area contributed by atoms with E-state index in [4.69, 9.17) is 0 Å². The number of carbonyl (C=O) groups is 1. The van der Waals surface area contributed by atoms with Crippen LogP contribution in [-0.2, 0) is 9.53 Å². The third kappa shape index (κ3) is 3.87. The number of halogens is 2. The van der Waals surface area contributed by atoms with E-state index >= 15 is 0 Å². The van der Waals surface area contributed by atoms with Crippen LogP contribution in [0, 0.1) is 0 Å². The highest BCUT2D eigenvalue weighted by Gasteiger charge is 2.18. The molecular weight excluding hydrogens is 298 g/mol. The van der Waals surface area contributed by atoms with Gasteiger partial charge in [-0.05, 0) is 6.07 Å². The summed E-state index contributed by atoms with van der Waals surface area (Å²) in [5.74, 6) is -0.844. The first-order chi connectivity index (χ1) is 10.0. The Labute approximate surface area is 124 Å². The van der Waals surface area contributed by atoms with Gasteiger partial charge in [0.1, 0.15) is 5.03 Å². The molecule has 1 aromatic carbocycles. The molecule has 0 radical (unpaired) electrons. The maximum atomic E-state index is 12.9. The Balaban J connectivity index is 2.35. The second-order valence-corrected chi connectivity index (χ2v) is 5.84. The largest absolute Gasteiger partial charge is 0.469 e. The van der Waals surface area contributed by atoms with Gasteiger partial charge < -0.3 is 4.74 Å². The standard InChI is InChI=1S/C14H14F2N2O2S/c1-8(7-11(19)20-2)21-14-9-5-3-4-6-10(9)17-13(18-14)12(15)16/h3-6,8,12H,7H2,1-2H3/t8-/m1/s1. The van der Waals surface area contributed by atoms with Gasteiger partial charge in [-0.25, -0.2) is 18.7 Å². The van der Waals surface area contributed by atoms with Crippen LogP contribution in [0.5, 0.6) is 0 Å². The Morgan fingerprint density at radius 2 is 2.05 bits per heavy atom. The molecule has 1 aromatic heterocycles. The lowest BCUT2D eigenvalue weighted by atomic mass is 10.2. The third-order valence-corrected chi connectivity index (χ3v) is 3.88. The molecule has 0 fully saturated rings. The molecular formula is C14H14F2N2O2S. The highest BCUT2D eigenvalue weighted by molar-refractivity contribution is 8.00. The van der Waals surface area contributed by atoms with Crippen molar-refractivity contribution in [2.24, 2.45) is 0 Å². The lowest BCUT2D eigenvalue weighted by Crippen LogP contribution is -2.09. The smallest absolute Gasteiger partial charge is 0.306 e. The Kier molecular flexibility index (Phi) is 5.06. The molecule has 0 unspecified atom stereocenters. The van der Waals surface area contributed by atoms with Gasteiger partial charge in [0.15, 0.2) is 5.82 Å². The zero-order valence-corrected chi connectivity index (χ0v) is 12.4. The van der Waals surface area contributed by atoms with Crippen LogP contribution < -0.4 is 0 Å². The Hall–Kier alpha value is -1.76. The first-order valence-electron chi connectivity index (χ1n) is 6.29. The van der Waals surface area contributed by atoms with Gasteiger partial charge in [-0.1, -0.05) is 25.1 Å². The molecule has 4 nitrogen and oxygen atoms in total. The van der Waals surface area contributed by atoms with E-state index in [2.05, 4.69) is 14.7 Å². The summed E-state index contributed by atoms with van der Waals surface area (Å²) in [7, 11) is 1.31. The summed E-state index contributed by atoms with van der Waals surface area (Å²) < 4.78 is 30.3. The SMILES string of the molecule is COC(=O)C[C@@H](C)Sc1nc(C(F)F)nc2ccccc12. The minimum atomic E-state index is -2.73. The van der Waals surface area contributed by atoms with Gasteiger partial charge in [-0.3, -0.25) is 4.79 Å². The molecule has 0 spiro atoms. The summed E-state index contributed by atoms with van der Waals surface area (Å²) in [4.78, 5) is 19.0. The Bertz CT molecular complexity index is 652. The summed E-state index contributed by atoms with van der Waals surface area (Å²) in [6, 6.07) is 6.97. The van der Waals surface area contributed by atoms with Crippen LogP contribution in [-0.4, -0.2) is 28.3 Å². The van der Waals surface area contributed by atoms with Gasteiger partial charge in [0.25, 0.3) is 6.43 Å². The van der Waals surface area contributed by atoms with Crippen LogP contribution in [0.2, 0.25) is 0 Å². The number of carbonyl (C=O) groups excluding carboxylic acids is 1. The summed E-state index contributed by atoms with van der Waals surface area (Å²) in [5, 5.41) is 1.01. The molecule has 0 aliphatic carbocycles. The molecule has 0 aliphatic rings. The summed E-state index contributed by atoms with van der Waals surface area (Å²) in [6.07, 6.45) is -2.55. The van der Waals surface area contributed by atoms with Crippen molar-refractivity contribution in [2.45, 2.75) is 30.0 Å². The molecule has 0 bridgehead atoms. The zero-order chi connectivity index (χ0) is 15.4. The van der Waals surface area contributed by atoms with Crippen LogP contribution in [0.25, 0.3) is 10.9 Å². The second kappa shape index (κ2) is 6.80. The van der Waals surface area contributed by atoms with E-state index in [1.165, 1.54) is 18.9 Å². The molecule has 0 saturated carbocycles. The Morgan fingerprint density at radius 1 is 1.33 bits per heavy atom. The van der Waals surface area contributed by atoms with E-state index in [1.807, 2.05) is 6.92 Å². The van der Waals surface area contributed by atoms with Gasteiger partial charge in [0.05, 0.1) is 19.0 Å². The van der Waals surface area contributed by atoms with E-state index in [0.29, 0.717) is 15.9 Å².